The molecule has 1 nitrogen and oxygen atoms in total. The van der Waals surface area contributed by atoms with Crippen LogP contribution in [-0.2, 0) is 4.79 Å². The molecule has 0 amide bonds. The van der Waals surface area contributed by atoms with Crippen LogP contribution in [0.4, 0.5) is 0 Å². The minimum Gasteiger partial charge on any atom is -0.295 e. The van der Waals surface area contributed by atoms with Crippen molar-refractivity contribution < 1.29 is 4.79 Å². The Hall–Kier alpha value is -1.11. The Morgan fingerprint density at radius 1 is 1.31 bits per heavy atom. The summed E-state index contributed by atoms with van der Waals surface area (Å²) in [7, 11) is 0. The zero-order valence-corrected chi connectivity index (χ0v) is 7.81. The molecule has 2 aliphatic rings. The van der Waals surface area contributed by atoms with E-state index in [1.807, 2.05) is 12.2 Å². The van der Waals surface area contributed by atoms with Gasteiger partial charge in [0.1, 0.15) is 0 Å². The zero-order chi connectivity index (χ0) is 9.26. The lowest BCUT2D eigenvalue weighted by atomic mass is 9.75. The van der Waals surface area contributed by atoms with Gasteiger partial charge in [0.15, 0.2) is 5.78 Å². The van der Waals surface area contributed by atoms with E-state index in [2.05, 4.69) is 25.2 Å². The molecule has 0 spiro atoms. The first-order chi connectivity index (χ1) is 6.29. The van der Waals surface area contributed by atoms with Gasteiger partial charge in [-0.05, 0) is 24.3 Å². The lowest BCUT2D eigenvalue weighted by Gasteiger charge is -2.28. The highest BCUT2D eigenvalue weighted by atomic mass is 16.1. The Kier molecular flexibility index (Phi) is 2.17. The molecule has 1 heteroatoms. The summed E-state index contributed by atoms with van der Waals surface area (Å²) in [5.41, 5.74) is 0. The number of carbonyl (C=O) groups is 1. The first kappa shape index (κ1) is 8.49. The van der Waals surface area contributed by atoms with Gasteiger partial charge < -0.3 is 0 Å². The van der Waals surface area contributed by atoms with Crippen molar-refractivity contribution in [2.45, 2.75) is 13.3 Å². The standard InChI is InChI=1S/C12H14O/c1-9-5-4-7-10-6-2-3-8-11(13)12(9)10/h2-6,8-10,12H,7H2,1H3. The van der Waals surface area contributed by atoms with E-state index in [4.69, 9.17) is 0 Å². The summed E-state index contributed by atoms with van der Waals surface area (Å²) in [6, 6.07) is 0. The molecule has 0 aromatic heterocycles. The second-order valence-electron chi connectivity index (χ2n) is 3.86. The molecule has 0 aromatic carbocycles. The van der Waals surface area contributed by atoms with Gasteiger partial charge in [0, 0.05) is 5.92 Å². The second-order valence-corrected chi connectivity index (χ2v) is 3.86. The average Bonchev–Trinajstić information content (AvgIpc) is 2.29. The second kappa shape index (κ2) is 3.33. The van der Waals surface area contributed by atoms with Crippen LogP contribution in [0.25, 0.3) is 0 Å². The van der Waals surface area contributed by atoms with Crippen LogP contribution in [0, 0.1) is 17.8 Å². The van der Waals surface area contributed by atoms with E-state index >= 15 is 0 Å². The highest BCUT2D eigenvalue weighted by molar-refractivity contribution is 5.93. The van der Waals surface area contributed by atoms with Gasteiger partial charge in [-0.3, -0.25) is 4.79 Å². The third kappa shape index (κ3) is 1.51. The maximum absolute atomic E-state index is 11.7. The van der Waals surface area contributed by atoms with Crippen molar-refractivity contribution in [2.24, 2.45) is 17.8 Å². The highest BCUT2D eigenvalue weighted by Crippen LogP contribution is 2.33. The molecular formula is C12H14O. The van der Waals surface area contributed by atoms with Crippen LogP contribution in [-0.4, -0.2) is 5.78 Å². The minimum atomic E-state index is 0.181. The summed E-state index contributed by atoms with van der Waals surface area (Å²) >= 11 is 0. The van der Waals surface area contributed by atoms with Gasteiger partial charge in [0.25, 0.3) is 0 Å². The van der Waals surface area contributed by atoms with Crippen molar-refractivity contribution in [1.29, 1.82) is 0 Å². The fraction of sp³-hybridized carbons (Fsp3) is 0.417. The predicted octanol–water partition coefficient (Wildman–Crippen LogP) is 2.51. The topological polar surface area (TPSA) is 17.1 Å². The van der Waals surface area contributed by atoms with Crippen molar-refractivity contribution in [3.63, 3.8) is 0 Å². The molecule has 2 rings (SSSR count). The third-order valence-electron chi connectivity index (χ3n) is 2.93. The third-order valence-corrected chi connectivity index (χ3v) is 2.93. The quantitative estimate of drug-likeness (QED) is 0.516. The zero-order valence-electron chi connectivity index (χ0n) is 7.81. The van der Waals surface area contributed by atoms with Crippen LogP contribution < -0.4 is 0 Å². The van der Waals surface area contributed by atoms with Gasteiger partial charge >= 0.3 is 0 Å². The van der Waals surface area contributed by atoms with Crippen LogP contribution >= 0.6 is 0 Å². The van der Waals surface area contributed by atoms with E-state index in [9.17, 15) is 4.79 Å². The summed E-state index contributed by atoms with van der Waals surface area (Å²) in [5, 5.41) is 0. The summed E-state index contributed by atoms with van der Waals surface area (Å²) in [6.07, 6.45) is 13.1. The van der Waals surface area contributed by atoms with Crippen molar-refractivity contribution in [2.75, 3.05) is 0 Å². The molecule has 2 aliphatic carbocycles. The molecule has 3 atom stereocenters. The molecular weight excluding hydrogens is 160 g/mol. The summed E-state index contributed by atoms with van der Waals surface area (Å²) < 4.78 is 0. The predicted molar refractivity (Wildman–Crippen MR) is 53.2 cm³/mol. The van der Waals surface area contributed by atoms with Crippen molar-refractivity contribution in [3.05, 3.63) is 36.5 Å². The van der Waals surface area contributed by atoms with Gasteiger partial charge in [0.2, 0.25) is 0 Å². The summed E-state index contributed by atoms with van der Waals surface area (Å²) in [6.45, 7) is 2.12. The van der Waals surface area contributed by atoms with Gasteiger partial charge in [0.05, 0.1) is 0 Å². The fourth-order valence-corrected chi connectivity index (χ4v) is 2.24. The molecule has 0 saturated heterocycles. The number of rotatable bonds is 0. The minimum absolute atomic E-state index is 0.181. The smallest absolute Gasteiger partial charge is 0.159 e. The molecule has 13 heavy (non-hydrogen) atoms. The number of allylic oxidation sites excluding steroid dienone is 6. The molecule has 0 saturated carbocycles. The maximum Gasteiger partial charge on any atom is 0.159 e. The summed E-state index contributed by atoms with van der Waals surface area (Å²) in [5.74, 6) is 1.27. The number of fused-ring (bicyclic) bond motifs is 1. The lowest BCUT2D eigenvalue weighted by molar-refractivity contribution is -0.120. The molecule has 3 unspecified atom stereocenters. The van der Waals surface area contributed by atoms with Crippen LogP contribution in [0.1, 0.15) is 13.3 Å². The average molecular weight is 174 g/mol. The lowest BCUT2D eigenvalue weighted by Crippen LogP contribution is -2.28. The molecule has 0 fully saturated rings. The van der Waals surface area contributed by atoms with Crippen LogP contribution in [0.15, 0.2) is 36.5 Å². The van der Waals surface area contributed by atoms with Crippen molar-refractivity contribution >= 4 is 5.78 Å². The normalized spacial score (nSPS) is 37.3. The highest BCUT2D eigenvalue weighted by Gasteiger charge is 2.31. The first-order valence-electron chi connectivity index (χ1n) is 4.84. The Balaban J connectivity index is 2.32. The van der Waals surface area contributed by atoms with Crippen molar-refractivity contribution in [3.8, 4) is 0 Å². The van der Waals surface area contributed by atoms with Gasteiger partial charge in [-0.25, -0.2) is 0 Å². The van der Waals surface area contributed by atoms with E-state index in [1.54, 1.807) is 6.08 Å². The molecule has 68 valence electrons. The molecule has 0 aliphatic heterocycles. The largest absolute Gasteiger partial charge is 0.295 e. The summed E-state index contributed by atoms with van der Waals surface area (Å²) in [4.78, 5) is 11.7. The molecule has 0 N–H and O–H groups in total. The van der Waals surface area contributed by atoms with E-state index in [1.165, 1.54) is 0 Å². The molecule has 0 radical (unpaired) electrons. The number of ketones is 1. The number of hydrogen-bond acceptors (Lipinski definition) is 1. The van der Waals surface area contributed by atoms with Crippen LogP contribution in [0.2, 0.25) is 0 Å². The van der Waals surface area contributed by atoms with E-state index in [0.717, 1.165) is 6.42 Å². The molecule has 0 bridgehead atoms. The molecule has 0 heterocycles. The number of hydrogen-bond donors (Lipinski definition) is 0. The van der Waals surface area contributed by atoms with Gasteiger partial charge in [-0.2, -0.15) is 0 Å². The maximum atomic E-state index is 11.7. The van der Waals surface area contributed by atoms with E-state index in [0.29, 0.717) is 11.8 Å². The first-order valence-corrected chi connectivity index (χ1v) is 4.84. The van der Waals surface area contributed by atoms with Gasteiger partial charge in [-0.1, -0.05) is 37.3 Å². The molecule has 0 aromatic rings. The number of carbonyl (C=O) groups excluding carboxylic acids is 1. The fourth-order valence-electron chi connectivity index (χ4n) is 2.24. The van der Waals surface area contributed by atoms with E-state index in [-0.39, 0.29) is 11.7 Å². The SMILES string of the molecule is CC1C=CCC2C=CC=CC(=O)C12. The van der Waals surface area contributed by atoms with Gasteiger partial charge in [-0.15, -0.1) is 0 Å². The Labute approximate surface area is 78.8 Å². The van der Waals surface area contributed by atoms with E-state index < -0.39 is 0 Å². The van der Waals surface area contributed by atoms with Crippen LogP contribution in [0.5, 0.6) is 0 Å². The Morgan fingerprint density at radius 3 is 3.00 bits per heavy atom. The monoisotopic (exact) mass is 174 g/mol. The van der Waals surface area contributed by atoms with Crippen molar-refractivity contribution in [1.82, 2.24) is 0 Å². The Morgan fingerprint density at radius 2 is 2.15 bits per heavy atom. The Bertz CT molecular complexity index is 296. The van der Waals surface area contributed by atoms with Crippen LogP contribution in [0.3, 0.4) is 0 Å².